The Bertz CT molecular complexity index is 2960. The number of nitrogens with zero attached hydrogens (tertiary/aromatic N) is 3. The van der Waals surface area contributed by atoms with Gasteiger partial charge in [0.05, 0.1) is 28.1 Å². The quantitative estimate of drug-likeness (QED) is 0.147. The van der Waals surface area contributed by atoms with Crippen molar-refractivity contribution >= 4 is 28.1 Å². The first-order valence-corrected chi connectivity index (χ1v) is 20.0. The summed E-state index contributed by atoms with van der Waals surface area (Å²) in [6, 6.07) is 83.7. The maximum absolute atomic E-state index is 5.21. The zero-order valence-electron chi connectivity index (χ0n) is 32.4. The van der Waals surface area contributed by atoms with E-state index in [9.17, 15) is 0 Å². The van der Waals surface area contributed by atoms with Crippen LogP contribution in [0.3, 0.4) is 0 Å². The standard InChI is InChI=1S/C56H39N3/c1-5-18-40(19-6-1)45-26-17-27-46(36-45)51-28-13-16-31-54(51)59(50-38-47(41-20-7-2-8-21-41)37-48(39-50)42-22-9-3-10-23-42)49-34-32-44(33-35-49)56-55(43-24-11-4-12-25-43)57-52-29-14-15-30-53(52)58-56/h1-39H. The van der Waals surface area contributed by atoms with Gasteiger partial charge < -0.3 is 4.90 Å². The molecule has 0 aliphatic heterocycles. The van der Waals surface area contributed by atoms with Crippen molar-refractivity contribution in [2.45, 2.75) is 0 Å². The molecule has 1 heterocycles. The Morgan fingerprint density at radius 3 is 1.22 bits per heavy atom. The van der Waals surface area contributed by atoms with Crippen LogP contribution in [0.2, 0.25) is 0 Å². The number of aromatic nitrogens is 2. The number of anilines is 3. The fourth-order valence-electron chi connectivity index (χ4n) is 7.94. The van der Waals surface area contributed by atoms with E-state index in [-0.39, 0.29) is 0 Å². The third-order valence-corrected chi connectivity index (χ3v) is 10.8. The summed E-state index contributed by atoms with van der Waals surface area (Å²) in [4.78, 5) is 12.8. The van der Waals surface area contributed by atoms with E-state index in [4.69, 9.17) is 9.97 Å². The summed E-state index contributed by atoms with van der Waals surface area (Å²) >= 11 is 0. The van der Waals surface area contributed by atoms with Gasteiger partial charge in [-0.1, -0.05) is 182 Å². The van der Waals surface area contributed by atoms with Crippen molar-refractivity contribution in [3.05, 3.63) is 237 Å². The molecule has 0 saturated heterocycles. The molecule has 0 fully saturated rings. The summed E-state index contributed by atoms with van der Waals surface area (Å²) in [5.74, 6) is 0. The summed E-state index contributed by atoms with van der Waals surface area (Å²) in [5, 5.41) is 0. The number of rotatable bonds is 9. The lowest BCUT2D eigenvalue weighted by atomic mass is 9.95. The molecule has 0 aliphatic rings. The van der Waals surface area contributed by atoms with Gasteiger partial charge >= 0.3 is 0 Å². The van der Waals surface area contributed by atoms with Crippen molar-refractivity contribution < 1.29 is 0 Å². The van der Waals surface area contributed by atoms with E-state index >= 15 is 0 Å². The molecule has 9 aromatic carbocycles. The minimum absolute atomic E-state index is 0.851. The highest BCUT2D eigenvalue weighted by Crippen LogP contribution is 2.45. The average Bonchev–Trinajstić information content (AvgIpc) is 3.33. The number of para-hydroxylation sites is 3. The van der Waals surface area contributed by atoms with Crippen molar-refractivity contribution in [1.82, 2.24) is 9.97 Å². The van der Waals surface area contributed by atoms with E-state index < -0.39 is 0 Å². The minimum atomic E-state index is 0.851. The third-order valence-electron chi connectivity index (χ3n) is 10.8. The third kappa shape index (κ3) is 7.30. The molecule has 0 N–H and O–H groups in total. The van der Waals surface area contributed by atoms with Gasteiger partial charge in [0, 0.05) is 28.1 Å². The molecule has 0 radical (unpaired) electrons. The normalized spacial score (nSPS) is 11.1. The van der Waals surface area contributed by atoms with Crippen molar-refractivity contribution in [2.75, 3.05) is 4.90 Å². The topological polar surface area (TPSA) is 29.0 Å². The van der Waals surface area contributed by atoms with E-state index in [1.54, 1.807) is 0 Å². The monoisotopic (exact) mass is 753 g/mol. The fraction of sp³-hybridized carbons (Fsp3) is 0. The molecule has 0 bridgehead atoms. The molecule has 10 rings (SSSR count). The Kier molecular flexibility index (Phi) is 9.59. The number of fused-ring (bicyclic) bond motifs is 1. The van der Waals surface area contributed by atoms with Crippen molar-refractivity contribution in [3.8, 4) is 67.0 Å². The second kappa shape index (κ2) is 15.9. The lowest BCUT2D eigenvalue weighted by Crippen LogP contribution is -2.11. The van der Waals surface area contributed by atoms with Crippen LogP contribution in [0.25, 0.3) is 78.1 Å². The first-order valence-electron chi connectivity index (χ1n) is 20.0. The van der Waals surface area contributed by atoms with Gasteiger partial charge in [-0.25, -0.2) is 9.97 Å². The molecule has 3 heteroatoms. The van der Waals surface area contributed by atoms with Gasteiger partial charge in [0.2, 0.25) is 0 Å². The van der Waals surface area contributed by atoms with Crippen LogP contribution in [0, 0.1) is 0 Å². The summed E-state index contributed by atoms with van der Waals surface area (Å²) in [7, 11) is 0. The Hall–Kier alpha value is -7.88. The number of benzene rings is 9. The molecule has 278 valence electrons. The second-order valence-corrected chi connectivity index (χ2v) is 14.6. The van der Waals surface area contributed by atoms with Crippen molar-refractivity contribution in [2.24, 2.45) is 0 Å². The maximum atomic E-state index is 5.21. The highest BCUT2D eigenvalue weighted by Gasteiger charge is 2.21. The van der Waals surface area contributed by atoms with Gasteiger partial charge in [0.15, 0.2) is 0 Å². The number of hydrogen-bond donors (Lipinski definition) is 0. The molecular formula is C56H39N3. The predicted octanol–water partition coefficient (Wildman–Crippen LogP) is 15.1. The Labute approximate surface area is 345 Å². The van der Waals surface area contributed by atoms with Gasteiger partial charge in [-0.3, -0.25) is 0 Å². The van der Waals surface area contributed by atoms with Crippen molar-refractivity contribution in [3.63, 3.8) is 0 Å². The molecule has 0 spiro atoms. The van der Waals surface area contributed by atoms with Crippen LogP contribution in [0.5, 0.6) is 0 Å². The molecule has 59 heavy (non-hydrogen) atoms. The van der Waals surface area contributed by atoms with E-state index in [0.717, 1.165) is 84.0 Å². The van der Waals surface area contributed by atoms with E-state index in [1.807, 2.05) is 30.3 Å². The maximum Gasteiger partial charge on any atom is 0.0973 e. The van der Waals surface area contributed by atoms with Crippen molar-refractivity contribution in [1.29, 1.82) is 0 Å². The van der Waals surface area contributed by atoms with Crippen LogP contribution in [0.4, 0.5) is 17.1 Å². The van der Waals surface area contributed by atoms with Gasteiger partial charge in [-0.05, 0) is 93.5 Å². The molecule has 3 nitrogen and oxygen atoms in total. The average molecular weight is 754 g/mol. The van der Waals surface area contributed by atoms with Gasteiger partial charge in [-0.2, -0.15) is 0 Å². The smallest absolute Gasteiger partial charge is 0.0973 e. The van der Waals surface area contributed by atoms with Gasteiger partial charge in [0.1, 0.15) is 0 Å². The molecule has 1 aromatic heterocycles. The lowest BCUT2D eigenvalue weighted by Gasteiger charge is -2.29. The highest BCUT2D eigenvalue weighted by atomic mass is 15.1. The molecule has 0 unspecified atom stereocenters. The Morgan fingerprint density at radius 1 is 0.254 bits per heavy atom. The first kappa shape index (κ1) is 35.5. The molecule has 0 atom stereocenters. The van der Waals surface area contributed by atoms with Gasteiger partial charge in [-0.15, -0.1) is 0 Å². The SMILES string of the molecule is c1ccc(-c2cccc(-c3ccccc3N(c3ccc(-c4nc5ccccc5nc4-c4ccccc4)cc3)c3cc(-c4ccccc4)cc(-c4ccccc4)c3)c2)cc1. The predicted molar refractivity (Wildman–Crippen MR) is 247 cm³/mol. The van der Waals surface area contributed by atoms with Crippen LogP contribution < -0.4 is 4.90 Å². The largest absolute Gasteiger partial charge is 0.310 e. The molecular weight excluding hydrogens is 715 g/mol. The molecule has 10 aromatic rings. The van der Waals surface area contributed by atoms with E-state index in [1.165, 1.54) is 11.1 Å². The van der Waals surface area contributed by atoms with Crippen LogP contribution in [0.1, 0.15) is 0 Å². The number of hydrogen-bond acceptors (Lipinski definition) is 3. The van der Waals surface area contributed by atoms with Crippen LogP contribution in [-0.4, -0.2) is 9.97 Å². The summed E-state index contributed by atoms with van der Waals surface area (Å²) in [6.07, 6.45) is 0. The van der Waals surface area contributed by atoms with Crippen LogP contribution in [0.15, 0.2) is 237 Å². The summed E-state index contributed by atoms with van der Waals surface area (Å²) < 4.78 is 0. The lowest BCUT2D eigenvalue weighted by molar-refractivity contribution is 1.27. The van der Waals surface area contributed by atoms with E-state index in [0.29, 0.717) is 0 Å². The molecule has 0 saturated carbocycles. The highest BCUT2D eigenvalue weighted by molar-refractivity contribution is 5.93. The second-order valence-electron chi connectivity index (χ2n) is 14.6. The summed E-state index contributed by atoms with van der Waals surface area (Å²) in [5.41, 5.74) is 17.9. The van der Waals surface area contributed by atoms with Gasteiger partial charge in [0.25, 0.3) is 0 Å². The van der Waals surface area contributed by atoms with Crippen LogP contribution >= 0.6 is 0 Å². The zero-order chi connectivity index (χ0) is 39.4. The Morgan fingerprint density at radius 2 is 0.661 bits per heavy atom. The first-order chi connectivity index (χ1) is 29.2. The summed E-state index contributed by atoms with van der Waals surface area (Å²) in [6.45, 7) is 0. The molecule has 0 amide bonds. The zero-order valence-corrected chi connectivity index (χ0v) is 32.4. The Balaban J connectivity index is 1.18. The minimum Gasteiger partial charge on any atom is -0.310 e. The molecule has 0 aliphatic carbocycles. The van der Waals surface area contributed by atoms with E-state index in [2.05, 4.69) is 211 Å². The fourth-order valence-corrected chi connectivity index (χ4v) is 7.94. The van der Waals surface area contributed by atoms with Crippen LogP contribution in [-0.2, 0) is 0 Å².